The van der Waals surface area contributed by atoms with Gasteiger partial charge in [-0.3, -0.25) is 0 Å². The second-order valence-electron chi connectivity index (χ2n) is 4.08. The third-order valence-electron chi connectivity index (χ3n) is 2.83. The van der Waals surface area contributed by atoms with E-state index in [1.807, 2.05) is 12.1 Å². The molecule has 0 saturated carbocycles. The van der Waals surface area contributed by atoms with Gasteiger partial charge < -0.3 is 5.11 Å². The van der Waals surface area contributed by atoms with Gasteiger partial charge in [0.05, 0.1) is 11.2 Å². The minimum atomic E-state index is 0.322. The molecular weight excluding hydrogens is 198 g/mol. The second-order valence-corrected chi connectivity index (χ2v) is 4.08. The molecular formula is C14H17NO. The molecule has 2 rings (SSSR count). The second kappa shape index (κ2) is 4.52. The first-order valence-electron chi connectivity index (χ1n) is 5.86. The molecule has 84 valence electrons. The molecule has 0 amide bonds. The van der Waals surface area contributed by atoms with Crippen molar-refractivity contribution in [1.82, 2.24) is 4.98 Å². The van der Waals surface area contributed by atoms with E-state index in [0.717, 1.165) is 35.9 Å². The highest BCUT2D eigenvalue weighted by molar-refractivity contribution is 5.81. The van der Waals surface area contributed by atoms with Crippen molar-refractivity contribution in [3.63, 3.8) is 0 Å². The normalized spacial score (nSPS) is 10.9. The van der Waals surface area contributed by atoms with Gasteiger partial charge in [0.1, 0.15) is 5.75 Å². The van der Waals surface area contributed by atoms with Crippen LogP contribution in [0.1, 0.15) is 31.5 Å². The fourth-order valence-corrected chi connectivity index (χ4v) is 1.90. The van der Waals surface area contributed by atoms with Gasteiger partial charge in [-0.25, -0.2) is 4.98 Å². The van der Waals surface area contributed by atoms with Crippen LogP contribution >= 0.6 is 0 Å². The summed E-state index contributed by atoms with van der Waals surface area (Å²) in [6, 6.07) is 8.05. The summed E-state index contributed by atoms with van der Waals surface area (Å²) < 4.78 is 0. The molecule has 1 heterocycles. The highest BCUT2D eigenvalue weighted by Crippen LogP contribution is 2.23. The molecule has 0 radical (unpaired) electrons. The maximum absolute atomic E-state index is 9.84. The van der Waals surface area contributed by atoms with Crippen molar-refractivity contribution in [3.8, 4) is 5.75 Å². The van der Waals surface area contributed by atoms with E-state index >= 15 is 0 Å². The number of pyridine rings is 1. The minimum Gasteiger partial charge on any atom is -0.506 e. The van der Waals surface area contributed by atoms with Crippen LogP contribution in [0.15, 0.2) is 24.3 Å². The number of nitrogens with zero attached hydrogens (tertiary/aromatic N) is 1. The number of rotatable bonds is 3. The van der Waals surface area contributed by atoms with Gasteiger partial charge in [0, 0.05) is 5.39 Å². The Kier molecular flexibility index (Phi) is 3.09. The molecule has 0 spiro atoms. The summed E-state index contributed by atoms with van der Waals surface area (Å²) in [4.78, 5) is 4.49. The van der Waals surface area contributed by atoms with Crippen LogP contribution in [0.4, 0.5) is 0 Å². The van der Waals surface area contributed by atoms with Gasteiger partial charge in [-0.05, 0) is 36.6 Å². The fraction of sp³-hybridized carbons (Fsp3) is 0.357. The molecule has 1 aromatic heterocycles. The van der Waals surface area contributed by atoms with Gasteiger partial charge in [-0.2, -0.15) is 0 Å². The maximum Gasteiger partial charge on any atom is 0.137 e. The summed E-state index contributed by atoms with van der Waals surface area (Å²) in [5.41, 5.74) is 3.05. The smallest absolute Gasteiger partial charge is 0.137 e. The van der Waals surface area contributed by atoms with Crippen LogP contribution in [-0.4, -0.2) is 10.1 Å². The van der Waals surface area contributed by atoms with Crippen LogP contribution in [0.5, 0.6) is 5.75 Å². The van der Waals surface area contributed by atoms with Crippen LogP contribution in [0.25, 0.3) is 10.9 Å². The summed E-state index contributed by atoms with van der Waals surface area (Å²) in [7, 11) is 0. The fourth-order valence-electron chi connectivity index (χ4n) is 1.90. The van der Waals surface area contributed by atoms with E-state index in [4.69, 9.17) is 0 Å². The van der Waals surface area contributed by atoms with Gasteiger partial charge in [-0.1, -0.05) is 26.3 Å². The molecule has 0 atom stereocenters. The molecule has 0 fully saturated rings. The summed E-state index contributed by atoms with van der Waals surface area (Å²) in [6.45, 7) is 4.21. The standard InChI is InChI=1S/C14H17NO/c1-3-5-13-14(16)9-11-8-10(4-2)6-7-12(11)15-13/h6-9,16H,3-5H2,1-2H3. The average Bonchev–Trinajstić information content (AvgIpc) is 2.30. The average molecular weight is 215 g/mol. The van der Waals surface area contributed by atoms with Crippen molar-refractivity contribution in [3.05, 3.63) is 35.5 Å². The molecule has 2 aromatic rings. The molecule has 0 saturated heterocycles. The number of fused-ring (bicyclic) bond motifs is 1. The summed E-state index contributed by atoms with van der Waals surface area (Å²) in [5, 5.41) is 10.9. The number of hydrogen-bond acceptors (Lipinski definition) is 2. The van der Waals surface area contributed by atoms with E-state index in [-0.39, 0.29) is 0 Å². The van der Waals surface area contributed by atoms with Crippen LogP contribution in [0, 0.1) is 0 Å². The third kappa shape index (κ3) is 2.01. The molecule has 0 aliphatic rings. The van der Waals surface area contributed by atoms with Crippen molar-refractivity contribution in [2.24, 2.45) is 0 Å². The maximum atomic E-state index is 9.84. The number of benzene rings is 1. The van der Waals surface area contributed by atoms with E-state index < -0.39 is 0 Å². The van der Waals surface area contributed by atoms with E-state index in [9.17, 15) is 5.11 Å². The SMILES string of the molecule is CCCc1nc2ccc(CC)cc2cc1O. The van der Waals surface area contributed by atoms with E-state index in [1.165, 1.54) is 5.56 Å². The Morgan fingerprint density at radius 1 is 1.19 bits per heavy atom. The molecule has 1 aromatic carbocycles. The molecule has 0 aliphatic heterocycles. The Morgan fingerprint density at radius 3 is 2.69 bits per heavy atom. The molecule has 2 nitrogen and oxygen atoms in total. The molecule has 16 heavy (non-hydrogen) atoms. The lowest BCUT2D eigenvalue weighted by Gasteiger charge is -2.06. The molecule has 0 bridgehead atoms. The first-order chi connectivity index (χ1) is 7.74. The lowest BCUT2D eigenvalue weighted by molar-refractivity contribution is 0.465. The predicted octanol–water partition coefficient (Wildman–Crippen LogP) is 3.46. The Bertz CT molecular complexity index is 505. The third-order valence-corrected chi connectivity index (χ3v) is 2.83. The first kappa shape index (κ1) is 10.9. The van der Waals surface area contributed by atoms with Gasteiger partial charge in [0.25, 0.3) is 0 Å². The van der Waals surface area contributed by atoms with Crippen LogP contribution in [0.3, 0.4) is 0 Å². The van der Waals surface area contributed by atoms with Crippen molar-refractivity contribution < 1.29 is 5.11 Å². The van der Waals surface area contributed by atoms with Crippen molar-refractivity contribution >= 4 is 10.9 Å². The first-order valence-corrected chi connectivity index (χ1v) is 5.86. The lowest BCUT2D eigenvalue weighted by atomic mass is 10.1. The molecule has 0 aliphatic carbocycles. The number of aryl methyl sites for hydroxylation is 2. The zero-order chi connectivity index (χ0) is 11.5. The van der Waals surface area contributed by atoms with Gasteiger partial charge in [0.15, 0.2) is 0 Å². The van der Waals surface area contributed by atoms with Crippen LogP contribution in [-0.2, 0) is 12.8 Å². The summed E-state index contributed by atoms with van der Waals surface area (Å²) in [5.74, 6) is 0.322. The highest BCUT2D eigenvalue weighted by Gasteiger charge is 2.05. The molecule has 1 N–H and O–H groups in total. The Balaban J connectivity index is 2.55. The highest BCUT2D eigenvalue weighted by atomic mass is 16.3. The summed E-state index contributed by atoms with van der Waals surface area (Å²) >= 11 is 0. The van der Waals surface area contributed by atoms with Crippen molar-refractivity contribution in [1.29, 1.82) is 0 Å². The molecule has 0 unspecified atom stereocenters. The van der Waals surface area contributed by atoms with E-state index in [2.05, 4.69) is 31.0 Å². The Morgan fingerprint density at radius 2 is 2.00 bits per heavy atom. The van der Waals surface area contributed by atoms with Gasteiger partial charge in [0.2, 0.25) is 0 Å². The lowest BCUT2D eigenvalue weighted by Crippen LogP contribution is -1.92. The minimum absolute atomic E-state index is 0.322. The zero-order valence-electron chi connectivity index (χ0n) is 9.83. The Hall–Kier alpha value is -1.57. The zero-order valence-corrected chi connectivity index (χ0v) is 9.83. The number of aromatic nitrogens is 1. The number of hydrogen-bond donors (Lipinski definition) is 1. The molecule has 2 heteroatoms. The predicted molar refractivity (Wildman–Crippen MR) is 66.8 cm³/mol. The van der Waals surface area contributed by atoms with Crippen molar-refractivity contribution in [2.45, 2.75) is 33.1 Å². The van der Waals surface area contributed by atoms with Gasteiger partial charge in [-0.15, -0.1) is 0 Å². The van der Waals surface area contributed by atoms with Crippen LogP contribution < -0.4 is 0 Å². The Labute approximate surface area is 96.0 Å². The summed E-state index contributed by atoms with van der Waals surface area (Å²) in [6.07, 6.45) is 2.84. The topological polar surface area (TPSA) is 33.1 Å². The van der Waals surface area contributed by atoms with E-state index in [1.54, 1.807) is 0 Å². The van der Waals surface area contributed by atoms with Crippen LogP contribution in [0.2, 0.25) is 0 Å². The monoisotopic (exact) mass is 215 g/mol. The number of aromatic hydroxyl groups is 1. The van der Waals surface area contributed by atoms with E-state index in [0.29, 0.717) is 5.75 Å². The largest absolute Gasteiger partial charge is 0.506 e. The quantitative estimate of drug-likeness (QED) is 0.850. The van der Waals surface area contributed by atoms with Gasteiger partial charge >= 0.3 is 0 Å². The van der Waals surface area contributed by atoms with Crippen molar-refractivity contribution in [2.75, 3.05) is 0 Å².